The summed E-state index contributed by atoms with van der Waals surface area (Å²) in [5, 5.41) is 10.6. The maximum Gasteiger partial charge on any atom is 0.354 e. The van der Waals surface area contributed by atoms with Crippen LogP contribution >= 0.6 is 11.8 Å². The molecule has 1 N–H and O–H groups in total. The molecule has 0 aliphatic heterocycles. The number of ether oxygens (including phenoxy) is 1. The van der Waals surface area contributed by atoms with E-state index < -0.39 is 5.63 Å². The molecule has 0 spiro atoms. The van der Waals surface area contributed by atoms with Gasteiger partial charge in [-0.2, -0.15) is 0 Å². The fraction of sp³-hybridized carbons (Fsp3) is 0.154. The first-order valence-electron chi connectivity index (χ1n) is 10.3. The highest BCUT2D eigenvalue weighted by atomic mass is 32.2. The first-order chi connectivity index (χ1) is 15.5. The predicted octanol–water partition coefficient (Wildman–Crippen LogP) is 6.26. The van der Waals surface area contributed by atoms with E-state index in [9.17, 15) is 9.90 Å². The summed E-state index contributed by atoms with van der Waals surface area (Å²) in [5.41, 5.74) is 1.97. The van der Waals surface area contributed by atoms with Crippen molar-refractivity contribution in [2.45, 2.75) is 36.2 Å². The Morgan fingerprint density at radius 3 is 2.59 bits per heavy atom. The number of aromatic hydroxyl groups is 1. The molecule has 0 atom stereocenters. The number of aromatic nitrogens is 1. The molecule has 4 rings (SSSR count). The maximum absolute atomic E-state index is 12.7. The number of hydrogen-bond acceptors (Lipinski definition) is 6. The van der Waals surface area contributed by atoms with Crippen molar-refractivity contribution in [1.29, 1.82) is 0 Å². The second-order valence-corrected chi connectivity index (χ2v) is 8.60. The van der Waals surface area contributed by atoms with E-state index in [0.717, 1.165) is 16.2 Å². The zero-order chi connectivity index (χ0) is 22.5. The van der Waals surface area contributed by atoms with Gasteiger partial charge in [0.05, 0.1) is 5.69 Å². The summed E-state index contributed by atoms with van der Waals surface area (Å²) in [6.07, 6.45) is 1.71. The molecular weight excluding hydrogens is 422 g/mol. The minimum Gasteiger partial charge on any atom is -0.506 e. The zero-order valence-corrected chi connectivity index (χ0v) is 18.6. The second-order valence-electron chi connectivity index (χ2n) is 7.54. The Morgan fingerprint density at radius 1 is 1.03 bits per heavy atom. The van der Waals surface area contributed by atoms with Crippen molar-refractivity contribution in [1.82, 2.24) is 4.98 Å². The summed E-state index contributed by atoms with van der Waals surface area (Å²) < 4.78 is 11.4. The van der Waals surface area contributed by atoms with Crippen molar-refractivity contribution in [2.75, 3.05) is 0 Å². The van der Waals surface area contributed by atoms with Crippen LogP contribution in [0.5, 0.6) is 11.5 Å². The zero-order valence-electron chi connectivity index (χ0n) is 17.8. The lowest BCUT2D eigenvalue weighted by Crippen LogP contribution is -2.04. The molecule has 2 aromatic heterocycles. The van der Waals surface area contributed by atoms with E-state index in [0.29, 0.717) is 23.8 Å². The van der Waals surface area contributed by atoms with E-state index in [2.05, 4.69) is 18.8 Å². The van der Waals surface area contributed by atoms with Gasteiger partial charge in [0.2, 0.25) is 0 Å². The smallest absolute Gasteiger partial charge is 0.354 e. The second kappa shape index (κ2) is 9.75. The summed E-state index contributed by atoms with van der Waals surface area (Å²) >= 11 is 1.22. The van der Waals surface area contributed by atoms with Gasteiger partial charge in [0.1, 0.15) is 28.8 Å². The minimum atomic E-state index is -0.580. The summed E-state index contributed by atoms with van der Waals surface area (Å²) in [5.74, 6) is 1.07. The Morgan fingerprint density at radius 2 is 1.84 bits per heavy atom. The summed E-state index contributed by atoms with van der Waals surface area (Å²) in [7, 11) is 0. The van der Waals surface area contributed by atoms with Gasteiger partial charge in [-0.3, -0.25) is 4.98 Å². The lowest BCUT2D eigenvalue weighted by Gasteiger charge is -2.12. The highest BCUT2D eigenvalue weighted by Gasteiger charge is 2.17. The number of rotatable bonds is 7. The van der Waals surface area contributed by atoms with Crippen LogP contribution in [0.3, 0.4) is 0 Å². The van der Waals surface area contributed by atoms with Crippen molar-refractivity contribution in [2.24, 2.45) is 0 Å². The minimum absolute atomic E-state index is 0.111. The first-order valence-corrected chi connectivity index (χ1v) is 11.1. The Labute approximate surface area is 190 Å². The van der Waals surface area contributed by atoms with Crippen molar-refractivity contribution in [3.63, 3.8) is 0 Å². The summed E-state index contributed by atoms with van der Waals surface area (Å²) in [6, 6.07) is 22.1. The van der Waals surface area contributed by atoms with Gasteiger partial charge in [0, 0.05) is 22.7 Å². The fourth-order valence-corrected chi connectivity index (χ4v) is 4.32. The Bertz CT molecular complexity index is 1270. The maximum atomic E-state index is 12.7. The van der Waals surface area contributed by atoms with Crippen LogP contribution < -0.4 is 10.4 Å². The van der Waals surface area contributed by atoms with Crippen molar-refractivity contribution < 1.29 is 14.3 Å². The molecule has 0 radical (unpaired) electrons. The van der Waals surface area contributed by atoms with Gasteiger partial charge in [-0.25, -0.2) is 4.79 Å². The third kappa shape index (κ3) is 5.03. The molecule has 0 saturated carbocycles. The molecule has 0 saturated heterocycles. The number of benzene rings is 2. The molecule has 2 aromatic carbocycles. The van der Waals surface area contributed by atoms with Gasteiger partial charge in [0.25, 0.3) is 0 Å². The average molecular weight is 446 g/mol. The highest BCUT2D eigenvalue weighted by molar-refractivity contribution is 7.99. The molecule has 0 aliphatic rings. The molecule has 0 unspecified atom stereocenters. The van der Waals surface area contributed by atoms with E-state index in [1.807, 2.05) is 54.6 Å². The van der Waals surface area contributed by atoms with Crippen LogP contribution in [0, 0.1) is 0 Å². The van der Waals surface area contributed by atoms with Gasteiger partial charge in [-0.15, -0.1) is 0 Å². The van der Waals surface area contributed by atoms with Crippen LogP contribution in [0.25, 0.3) is 11.3 Å². The Balaban J connectivity index is 1.58. The molecule has 5 nitrogen and oxygen atoms in total. The Hall–Kier alpha value is -3.51. The Kier molecular flexibility index (Phi) is 6.61. The standard InChI is InChI=1S/C26H23NO4S/c1-17(2)21-11-3-4-12-24(21)32-25-22(28)15-23(31-26(25)29)18-8-7-10-20(14-18)30-16-19-9-5-6-13-27-19/h3-15,17,28H,16H2,1-2H3. The summed E-state index contributed by atoms with van der Waals surface area (Å²) in [6.45, 7) is 4.51. The van der Waals surface area contributed by atoms with Gasteiger partial charge < -0.3 is 14.3 Å². The van der Waals surface area contributed by atoms with Gasteiger partial charge >= 0.3 is 5.63 Å². The van der Waals surface area contributed by atoms with Crippen LogP contribution in [0.15, 0.2) is 98.0 Å². The molecular formula is C26H23NO4S. The fourth-order valence-electron chi connectivity index (χ4n) is 3.25. The molecule has 0 amide bonds. The predicted molar refractivity (Wildman–Crippen MR) is 125 cm³/mol. The molecule has 6 heteroatoms. The molecule has 0 aliphatic carbocycles. The number of pyridine rings is 1. The summed E-state index contributed by atoms with van der Waals surface area (Å²) in [4.78, 5) is 18.1. The average Bonchev–Trinajstić information content (AvgIpc) is 2.81. The monoisotopic (exact) mass is 445 g/mol. The number of nitrogens with zero attached hydrogens (tertiary/aromatic N) is 1. The molecule has 0 fully saturated rings. The number of hydrogen-bond donors (Lipinski definition) is 1. The van der Waals surface area contributed by atoms with Gasteiger partial charge in [-0.1, -0.05) is 62.0 Å². The van der Waals surface area contributed by atoms with Crippen molar-refractivity contribution >= 4 is 11.8 Å². The molecule has 162 valence electrons. The van der Waals surface area contributed by atoms with Crippen LogP contribution in [-0.4, -0.2) is 10.1 Å². The van der Waals surface area contributed by atoms with Crippen LogP contribution in [0.4, 0.5) is 0 Å². The third-order valence-corrected chi connectivity index (χ3v) is 6.04. The topological polar surface area (TPSA) is 72.6 Å². The van der Waals surface area contributed by atoms with E-state index in [4.69, 9.17) is 9.15 Å². The molecule has 4 aromatic rings. The van der Waals surface area contributed by atoms with Crippen LogP contribution in [0.1, 0.15) is 31.0 Å². The van der Waals surface area contributed by atoms with Crippen LogP contribution in [-0.2, 0) is 6.61 Å². The van der Waals surface area contributed by atoms with E-state index in [1.54, 1.807) is 18.3 Å². The molecule has 0 bridgehead atoms. The molecule has 2 heterocycles. The quantitative estimate of drug-likeness (QED) is 0.362. The lowest BCUT2D eigenvalue weighted by atomic mass is 10.0. The van der Waals surface area contributed by atoms with E-state index >= 15 is 0 Å². The van der Waals surface area contributed by atoms with Crippen LogP contribution in [0.2, 0.25) is 0 Å². The van der Waals surface area contributed by atoms with E-state index in [1.165, 1.54) is 17.8 Å². The SMILES string of the molecule is CC(C)c1ccccc1Sc1c(O)cc(-c2cccc(OCc3ccccn3)c2)oc1=O. The first kappa shape index (κ1) is 21.7. The van der Waals surface area contributed by atoms with Crippen molar-refractivity contribution in [3.8, 4) is 22.8 Å². The third-order valence-electron chi connectivity index (χ3n) is 4.87. The van der Waals surface area contributed by atoms with E-state index in [-0.39, 0.29) is 16.4 Å². The van der Waals surface area contributed by atoms with Crippen molar-refractivity contribution in [3.05, 3.63) is 101 Å². The normalized spacial score (nSPS) is 11.0. The largest absolute Gasteiger partial charge is 0.506 e. The van der Waals surface area contributed by atoms with Gasteiger partial charge in [0.15, 0.2) is 0 Å². The highest BCUT2D eigenvalue weighted by Crippen LogP contribution is 2.38. The lowest BCUT2D eigenvalue weighted by molar-refractivity contribution is 0.301. The van der Waals surface area contributed by atoms with Gasteiger partial charge in [-0.05, 0) is 41.8 Å². The molecule has 32 heavy (non-hydrogen) atoms.